The van der Waals surface area contributed by atoms with Gasteiger partial charge in [0.1, 0.15) is 10.6 Å². The molecule has 0 spiro atoms. The minimum Gasteiger partial charge on any atom is -0.368 e. The zero-order valence-corrected chi connectivity index (χ0v) is 14.0. The van der Waals surface area contributed by atoms with E-state index in [-0.39, 0.29) is 5.60 Å². The fourth-order valence-electron chi connectivity index (χ4n) is 2.12. The first-order chi connectivity index (χ1) is 8.98. The van der Waals surface area contributed by atoms with Crippen molar-refractivity contribution >= 4 is 11.3 Å². The number of hydrogen-bond acceptors (Lipinski definition) is 4. The number of thiazole rings is 1. The lowest BCUT2D eigenvalue weighted by Crippen LogP contribution is -2.24. The Balaban J connectivity index is 2.94. The van der Waals surface area contributed by atoms with Gasteiger partial charge in [0.25, 0.3) is 0 Å². The van der Waals surface area contributed by atoms with E-state index in [9.17, 15) is 0 Å². The van der Waals surface area contributed by atoms with Gasteiger partial charge in [0, 0.05) is 17.5 Å². The average molecular weight is 284 g/mol. The van der Waals surface area contributed by atoms with Gasteiger partial charge in [0.15, 0.2) is 0 Å². The average Bonchev–Trinajstić information content (AvgIpc) is 2.79. The maximum Gasteiger partial charge on any atom is 0.125 e. The van der Waals surface area contributed by atoms with Crippen molar-refractivity contribution in [2.45, 2.75) is 66.0 Å². The van der Waals surface area contributed by atoms with Crippen molar-refractivity contribution in [1.29, 1.82) is 0 Å². The molecule has 4 heteroatoms. The van der Waals surface area contributed by atoms with Crippen molar-refractivity contribution in [1.82, 2.24) is 10.3 Å². The maximum absolute atomic E-state index is 5.92. The van der Waals surface area contributed by atoms with Crippen LogP contribution in [0.3, 0.4) is 0 Å². The minimum atomic E-state index is -0.243. The Morgan fingerprint density at radius 2 is 2.05 bits per heavy atom. The van der Waals surface area contributed by atoms with Gasteiger partial charge in [-0.25, -0.2) is 4.98 Å². The minimum absolute atomic E-state index is 0.243. The highest BCUT2D eigenvalue weighted by Gasteiger charge is 2.30. The van der Waals surface area contributed by atoms with E-state index in [1.165, 1.54) is 4.88 Å². The Morgan fingerprint density at radius 1 is 1.37 bits per heavy atom. The van der Waals surface area contributed by atoms with Crippen molar-refractivity contribution < 1.29 is 4.74 Å². The molecule has 0 fully saturated rings. The molecule has 0 aliphatic heterocycles. The van der Waals surface area contributed by atoms with Gasteiger partial charge >= 0.3 is 0 Å². The predicted molar refractivity (Wildman–Crippen MR) is 82.8 cm³/mol. The largest absolute Gasteiger partial charge is 0.368 e. The van der Waals surface area contributed by atoms with Crippen molar-refractivity contribution in [2.24, 2.45) is 0 Å². The first kappa shape index (κ1) is 16.6. The van der Waals surface area contributed by atoms with Crippen molar-refractivity contribution in [3.63, 3.8) is 0 Å². The number of rotatable bonds is 8. The van der Waals surface area contributed by atoms with Crippen LogP contribution in [0.25, 0.3) is 0 Å². The summed E-state index contributed by atoms with van der Waals surface area (Å²) < 4.78 is 5.92. The number of nitrogens with one attached hydrogen (secondary N) is 1. The second-order valence-electron chi connectivity index (χ2n) is 5.16. The zero-order valence-electron chi connectivity index (χ0n) is 13.2. The van der Waals surface area contributed by atoms with E-state index in [2.05, 4.69) is 39.9 Å². The molecule has 2 atom stereocenters. The van der Waals surface area contributed by atoms with Gasteiger partial charge in [-0.2, -0.15) is 0 Å². The van der Waals surface area contributed by atoms with Crippen LogP contribution in [0.15, 0.2) is 0 Å². The molecule has 0 aliphatic rings. The van der Waals surface area contributed by atoms with Crippen LogP contribution < -0.4 is 5.32 Å². The number of ether oxygens (including phenoxy) is 1. The molecule has 110 valence electrons. The van der Waals surface area contributed by atoms with E-state index in [0.717, 1.165) is 36.7 Å². The highest BCUT2D eigenvalue weighted by molar-refractivity contribution is 7.12. The van der Waals surface area contributed by atoms with Crippen LogP contribution >= 0.6 is 11.3 Å². The lowest BCUT2D eigenvalue weighted by molar-refractivity contribution is -0.0325. The number of nitrogens with zero attached hydrogens (tertiary/aromatic N) is 1. The maximum atomic E-state index is 5.92. The van der Waals surface area contributed by atoms with Crippen molar-refractivity contribution in [2.75, 3.05) is 13.2 Å². The molecule has 1 N–H and O–H groups in total. The molecule has 0 saturated heterocycles. The van der Waals surface area contributed by atoms with Crippen LogP contribution in [0.4, 0.5) is 0 Å². The predicted octanol–water partition coefficient (Wildman–Crippen LogP) is 4.17. The number of aryl methyl sites for hydroxylation is 1. The summed E-state index contributed by atoms with van der Waals surface area (Å²) in [5, 5.41) is 4.64. The molecule has 1 aromatic heterocycles. The number of hydrogen-bond donors (Lipinski definition) is 1. The summed E-state index contributed by atoms with van der Waals surface area (Å²) in [7, 11) is 0. The fraction of sp³-hybridized carbons (Fsp3) is 0.800. The third-order valence-electron chi connectivity index (χ3n) is 3.52. The fourth-order valence-corrected chi connectivity index (χ4v) is 3.39. The first-order valence-corrected chi connectivity index (χ1v) is 8.15. The summed E-state index contributed by atoms with van der Waals surface area (Å²) in [5.74, 6) is 0. The quantitative estimate of drug-likeness (QED) is 0.778. The molecule has 1 heterocycles. The molecule has 0 aliphatic carbocycles. The zero-order chi connectivity index (χ0) is 14.5. The SMILES string of the molecule is CCCNC(C)c1sc(C(C)(CC)OCC)nc1C. The Morgan fingerprint density at radius 3 is 2.58 bits per heavy atom. The van der Waals surface area contributed by atoms with Crippen LogP contribution in [0, 0.1) is 6.92 Å². The van der Waals surface area contributed by atoms with Crippen LogP contribution in [-0.2, 0) is 10.3 Å². The van der Waals surface area contributed by atoms with E-state index in [4.69, 9.17) is 9.72 Å². The lowest BCUT2D eigenvalue weighted by atomic mass is 10.0. The summed E-state index contributed by atoms with van der Waals surface area (Å²) in [6, 6.07) is 0.369. The highest BCUT2D eigenvalue weighted by Crippen LogP contribution is 2.35. The van der Waals surface area contributed by atoms with Gasteiger partial charge in [-0.15, -0.1) is 11.3 Å². The first-order valence-electron chi connectivity index (χ1n) is 7.33. The van der Waals surface area contributed by atoms with Gasteiger partial charge in [0.2, 0.25) is 0 Å². The second kappa shape index (κ2) is 7.36. The van der Waals surface area contributed by atoms with E-state index in [1.54, 1.807) is 11.3 Å². The lowest BCUT2D eigenvalue weighted by Gasteiger charge is -2.25. The second-order valence-corrected chi connectivity index (χ2v) is 6.19. The molecule has 2 unspecified atom stereocenters. The molecular weight excluding hydrogens is 256 g/mol. The van der Waals surface area contributed by atoms with E-state index in [1.807, 2.05) is 6.92 Å². The standard InChI is InChI=1S/C15H28N2OS/c1-7-10-16-11(4)13-12(5)17-14(19-13)15(6,8-2)18-9-3/h11,16H,7-10H2,1-6H3. The van der Waals surface area contributed by atoms with E-state index < -0.39 is 0 Å². The Bertz CT molecular complexity index is 391. The van der Waals surface area contributed by atoms with Crippen LogP contribution in [-0.4, -0.2) is 18.1 Å². The van der Waals surface area contributed by atoms with Gasteiger partial charge in [-0.1, -0.05) is 13.8 Å². The third-order valence-corrected chi connectivity index (χ3v) is 5.10. The van der Waals surface area contributed by atoms with Gasteiger partial charge in [0.05, 0.1) is 5.69 Å². The smallest absolute Gasteiger partial charge is 0.125 e. The van der Waals surface area contributed by atoms with Crippen LogP contribution in [0.1, 0.15) is 69.1 Å². The van der Waals surface area contributed by atoms with Gasteiger partial charge < -0.3 is 10.1 Å². The molecule has 0 radical (unpaired) electrons. The van der Waals surface area contributed by atoms with E-state index >= 15 is 0 Å². The van der Waals surface area contributed by atoms with Crippen LogP contribution in [0.5, 0.6) is 0 Å². The Hall–Kier alpha value is -0.450. The van der Waals surface area contributed by atoms with E-state index in [0.29, 0.717) is 6.04 Å². The third kappa shape index (κ3) is 4.01. The highest BCUT2D eigenvalue weighted by atomic mass is 32.1. The topological polar surface area (TPSA) is 34.1 Å². The Labute approximate surface area is 121 Å². The normalized spacial score (nSPS) is 16.3. The molecule has 3 nitrogen and oxygen atoms in total. The summed E-state index contributed by atoms with van der Waals surface area (Å²) >= 11 is 1.79. The molecule has 0 aromatic carbocycles. The summed E-state index contributed by atoms with van der Waals surface area (Å²) in [6.45, 7) is 14.6. The van der Waals surface area contributed by atoms with Crippen molar-refractivity contribution in [3.8, 4) is 0 Å². The summed E-state index contributed by atoms with van der Waals surface area (Å²) in [4.78, 5) is 6.09. The summed E-state index contributed by atoms with van der Waals surface area (Å²) in [5.41, 5.74) is 0.892. The molecule has 0 amide bonds. The van der Waals surface area contributed by atoms with Gasteiger partial charge in [-0.05, 0) is 47.1 Å². The molecule has 0 saturated carbocycles. The monoisotopic (exact) mass is 284 g/mol. The molecule has 1 rings (SSSR count). The summed E-state index contributed by atoms with van der Waals surface area (Å²) in [6.07, 6.45) is 2.10. The molecular formula is C15H28N2OS. The van der Waals surface area contributed by atoms with Crippen LogP contribution in [0.2, 0.25) is 0 Å². The molecule has 0 bridgehead atoms. The molecule has 19 heavy (non-hydrogen) atoms. The molecule has 1 aromatic rings. The van der Waals surface area contributed by atoms with Crippen molar-refractivity contribution in [3.05, 3.63) is 15.6 Å². The number of aromatic nitrogens is 1. The van der Waals surface area contributed by atoms with Gasteiger partial charge in [-0.3, -0.25) is 0 Å². The Kier molecular flexibility index (Phi) is 6.43.